The second kappa shape index (κ2) is 6.83. The van der Waals surface area contributed by atoms with Gasteiger partial charge in [0.2, 0.25) is 5.76 Å². The van der Waals surface area contributed by atoms with E-state index in [4.69, 9.17) is 0 Å². The highest BCUT2D eigenvalue weighted by molar-refractivity contribution is 7.87. The maximum absolute atomic E-state index is 12.8. The molecule has 1 aliphatic rings. The number of para-hydroxylation sites is 3. The van der Waals surface area contributed by atoms with Gasteiger partial charge < -0.3 is 4.18 Å². The molecule has 0 aliphatic heterocycles. The lowest BCUT2D eigenvalue weighted by molar-refractivity contribution is -0.0519. The van der Waals surface area contributed by atoms with Gasteiger partial charge in [-0.25, -0.2) is 4.98 Å². The minimum atomic E-state index is -5.88. The highest BCUT2D eigenvalue weighted by Gasteiger charge is 2.49. The number of alkyl halides is 3. The summed E-state index contributed by atoms with van der Waals surface area (Å²) < 4.78 is 67.5. The second-order valence-corrected chi connectivity index (χ2v) is 7.46. The van der Waals surface area contributed by atoms with Crippen molar-refractivity contribution in [3.8, 4) is 5.69 Å². The van der Waals surface area contributed by atoms with Crippen LogP contribution in [0.3, 0.4) is 0 Å². The fraction of sp³-hybridized carbons (Fsp3) is 0.0500. The average molecular weight is 416 g/mol. The van der Waals surface area contributed by atoms with E-state index in [1.807, 2.05) is 6.07 Å². The van der Waals surface area contributed by atoms with Crippen molar-refractivity contribution in [3.63, 3.8) is 0 Å². The molecule has 29 heavy (non-hydrogen) atoms. The number of imidazole rings is 1. The highest BCUT2D eigenvalue weighted by atomic mass is 32.2. The monoisotopic (exact) mass is 416 g/mol. The topological polar surface area (TPSA) is 61.2 Å². The molecule has 0 atom stereocenters. The van der Waals surface area contributed by atoms with Gasteiger partial charge in [-0.3, -0.25) is 4.57 Å². The van der Waals surface area contributed by atoms with Crippen LogP contribution in [0.4, 0.5) is 13.2 Å². The summed E-state index contributed by atoms with van der Waals surface area (Å²) in [4.78, 5) is 4.49. The average Bonchev–Trinajstić information content (AvgIpc) is 3.07. The van der Waals surface area contributed by atoms with Crippen LogP contribution in [0.1, 0.15) is 5.82 Å². The Labute approximate surface area is 163 Å². The molecule has 146 valence electrons. The summed E-state index contributed by atoms with van der Waals surface area (Å²) in [6, 6.07) is 16.1. The molecule has 2 aromatic carbocycles. The molecule has 0 saturated heterocycles. The van der Waals surface area contributed by atoms with Gasteiger partial charge in [0.05, 0.1) is 16.6 Å². The molecule has 9 heteroatoms. The van der Waals surface area contributed by atoms with Crippen molar-refractivity contribution in [2.75, 3.05) is 0 Å². The highest BCUT2D eigenvalue weighted by Crippen LogP contribution is 2.34. The molecular formula is C20H11F3N2O3S. The van der Waals surface area contributed by atoms with Gasteiger partial charge in [-0.05, 0) is 42.1 Å². The lowest BCUT2D eigenvalue weighted by atomic mass is 10.1. The molecule has 1 aromatic heterocycles. The Morgan fingerprint density at radius 3 is 2.41 bits per heavy atom. The Bertz CT molecular complexity index is 1340. The van der Waals surface area contributed by atoms with Crippen LogP contribution in [0.15, 0.2) is 84.0 Å². The number of halogens is 3. The predicted molar refractivity (Wildman–Crippen MR) is 100 cm³/mol. The standard InChI is InChI=1S/C20H11F3N2O3S/c21-20(22,23)29(26,27)28-18-13-7-4-10-15(18)19-24-16-11-5-6-12-17(16)25(19)14-8-2-1-3-9-14/h1-6,8-12H. The molecular weight excluding hydrogens is 405 g/mol. The Morgan fingerprint density at radius 2 is 1.69 bits per heavy atom. The summed E-state index contributed by atoms with van der Waals surface area (Å²) >= 11 is 0. The molecule has 0 radical (unpaired) electrons. The van der Waals surface area contributed by atoms with Crippen molar-refractivity contribution in [2.45, 2.75) is 5.51 Å². The maximum atomic E-state index is 12.8. The largest absolute Gasteiger partial charge is 0.534 e. The van der Waals surface area contributed by atoms with Gasteiger partial charge in [0.25, 0.3) is 0 Å². The van der Waals surface area contributed by atoms with E-state index in [0.29, 0.717) is 16.7 Å². The third kappa shape index (κ3) is 3.39. The Morgan fingerprint density at radius 1 is 1.00 bits per heavy atom. The Kier molecular flexibility index (Phi) is 4.43. The zero-order chi connectivity index (χ0) is 20.6. The van der Waals surface area contributed by atoms with Gasteiger partial charge in [-0.15, -0.1) is 0 Å². The molecule has 0 fully saturated rings. The third-order valence-corrected chi connectivity index (χ3v) is 5.01. The lowest BCUT2D eigenvalue weighted by Gasteiger charge is -2.15. The minimum Gasteiger partial charge on any atom is -0.366 e. The van der Waals surface area contributed by atoms with Crippen LogP contribution < -0.4 is 0 Å². The number of aromatic nitrogens is 2. The van der Waals surface area contributed by atoms with Crippen molar-refractivity contribution < 1.29 is 25.8 Å². The summed E-state index contributed by atoms with van der Waals surface area (Å²) in [5.74, 6) is -0.438. The van der Waals surface area contributed by atoms with E-state index >= 15 is 0 Å². The molecule has 0 N–H and O–H groups in total. The van der Waals surface area contributed by atoms with Gasteiger partial charge in [0.1, 0.15) is 5.82 Å². The quantitative estimate of drug-likeness (QED) is 0.357. The van der Waals surface area contributed by atoms with Crippen LogP contribution in [0, 0.1) is 0 Å². The molecule has 5 nitrogen and oxygen atoms in total. The van der Waals surface area contributed by atoms with Gasteiger partial charge in [0, 0.05) is 5.69 Å². The minimum absolute atomic E-state index is 0.0247. The van der Waals surface area contributed by atoms with Crippen molar-refractivity contribution in [3.05, 3.63) is 89.8 Å². The SMILES string of the molecule is O=S(=O)(OC1=C=C=CC=C1c1nc2ccccc2n1-c1ccccc1)C(F)(F)F. The van der Waals surface area contributed by atoms with Crippen molar-refractivity contribution in [2.24, 2.45) is 0 Å². The fourth-order valence-electron chi connectivity index (χ4n) is 2.82. The van der Waals surface area contributed by atoms with Crippen LogP contribution in [0.2, 0.25) is 0 Å². The molecule has 0 spiro atoms. The first-order valence-electron chi connectivity index (χ1n) is 8.24. The van der Waals surface area contributed by atoms with E-state index in [9.17, 15) is 21.6 Å². The Hall–Kier alpha value is -3.51. The fourth-order valence-corrected chi connectivity index (χ4v) is 3.26. The molecule has 4 rings (SSSR count). The normalized spacial score (nSPS) is 14.0. The van der Waals surface area contributed by atoms with Gasteiger partial charge in [0.15, 0.2) is 0 Å². The van der Waals surface area contributed by atoms with Crippen LogP contribution in [-0.2, 0) is 14.3 Å². The van der Waals surface area contributed by atoms with E-state index < -0.39 is 21.4 Å². The number of fused-ring (bicyclic) bond motifs is 1. The van der Waals surface area contributed by atoms with Crippen LogP contribution in [0.25, 0.3) is 22.3 Å². The van der Waals surface area contributed by atoms with E-state index in [-0.39, 0.29) is 11.4 Å². The molecule has 0 amide bonds. The first kappa shape index (κ1) is 18.8. The van der Waals surface area contributed by atoms with Gasteiger partial charge in [-0.1, -0.05) is 36.1 Å². The number of benzene rings is 2. The molecule has 0 bridgehead atoms. The van der Waals surface area contributed by atoms with E-state index in [0.717, 1.165) is 0 Å². The second-order valence-electron chi connectivity index (χ2n) is 5.92. The summed E-state index contributed by atoms with van der Waals surface area (Å²) in [7, 11) is -5.88. The summed E-state index contributed by atoms with van der Waals surface area (Å²) in [6.07, 6.45) is 2.76. The molecule has 3 aromatic rings. The van der Waals surface area contributed by atoms with Crippen LogP contribution in [-0.4, -0.2) is 23.5 Å². The number of nitrogens with zero attached hydrogens (tertiary/aromatic N) is 2. The van der Waals surface area contributed by atoms with Crippen molar-refractivity contribution in [1.82, 2.24) is 9.55 Å². The lowest BCUT2D eigenvalue weighted by Crippen LogP contribution is -2.25. The summed E-state index contributed by atoms with van der Waals surface area (Å²) in [5, 5.41) is 0. The van der Waals surface area contributed by atoms with Crippen LogP contribution in [0.5, 0.6) is 0 Å². The predicted octanol–water partition coefficient (Wildman–Crippen LogP) is 4.48. The first-order valence-corrected chi connectivity index (χ1v) is 9.65. The van der Waals surface area contributed by atoms with Crippen LogP contribution >= 0.6 is 0 Å². The summed E-state index contributed by atoms with van der Waals surface area (Å²) in [5.41, 5.74) is 1.12. The van der Waals surface area contributed by atoms with Crippen molar-refractivity contribution in [1.29, 1.82) is 0 Å². The Balaban J connectivity index is 1.90. The van der Waals surface area contributed by atoms with Gasteiger partial charge in [-0.2, -0.15) is 21.6 Å². The smallest absolute Gasteiger partial charge is 0.366 e. The molecule has 1 heterocycles. The molecule has 1 aliphatic carbocycles. The number of hydrogen-bond donors (Lipinski definition) is 0. The van der Waals surface area contributed by atoms with Gasteiger partial charge >= 0.3 is 15.6 Å². The third-order valence-electron chi connectivity index (χ3n) is 4.06. The number of rotatable bonds is 4. The number of hydrogen-bond acceptors (Lipinski definition) is 4. The number of allylic oxidation sites excluding steroid dienone is 3. The van der Waals surface area contributed by atoms with Crippen molar-refractivity contribution >= 4 is 26.7 Å². The zero-order valence-electron chi connectivity index (χ0n) is 14.5. The first-order chi connectivity index (χ1) is 13.8. The molecule has 0 unspecified atom stereocenters. The van der Waals surface area contributed by atoms with E-state index in [1.165, 1.54) is 12.2 Å². The molecule has 0 saturated carbocycles. The maximum Gasteiger partial charge on any atom is 0.534 e. The summed E-state index contributed by atoms with van der Waals surface area (Å²) in [6.45, 7) is 0. The zero-order valence-corrected chi connectivity index (χ0v) is 15.3. The van der Waals surface area contributed by atoms with E-state index in [1.54, 1.807) is 53.1 Å². The van der Waals surface area contributed by atoms with E-state index in [2.05, 4.69) is 20.6 Å².